The second-order valence-corrected chi connectivity index (χ2v) is 10.6. The molecule has 0 aromatic heterocycles. The van der Waals surface area contributed by atoms with E-state index >= 15 is 0 Å². The summed E-state index contributed by atoms with van der Waals surface area (Å²) in [5.41, 5.74) is 0.415. The molecule has 0 saturated heterocycles. The molecular formula is C21H30N2O4S. The van der Waals surface area contributed by atoms with E-state index in [4.69, 9.17) is 0 Å². The Morgan fingerprint density at radius 3 is 2.46 bits per heavy atom. The molecule has 3 atom stereocenters. The van der Waals surface area contributed by atoms with Crippen molar-refractivity contribution in [3.8, 4) is 0 Å². The highest BCUT2D eigenvalue weighted by Crippen LogP contribution is 2.35. The minimum atomic E-state index is -3.91. The number of fused-ring (bicyclic) bond motifs is 1. The molecule has 7 heteroatoms. The van der Waals surface area contributed by atoms with Crippen LogP contribution in [-0.4, -0.2) is 36.6 Å². The van der Waals surface area contributed by atoms with Crippen LogP contribution in [0.4, 0.5) is 0 Å². The lowest BCUT2D eigenvalue weighted by atomic mass is 9.74. The van der Waals surface area contributed by atoms with Crippen molar-refractivity contribution in [2.45, 2.75) is 70.9 Å². The molecule has 28 heavy (non-hydrogen) atoms. The van der Waals surface area contributed by atoms with Gasteiger partial charge in [-0.15, -0.1) is 0 Å². The fourth-order valence-electron chi connectivity index (χ4n) is 4.52. The second kappa shape index (κ2) is 7.50. The van der Waals surface area contributed by atoms with E-state index in [0.29, 0.717) is 17.8 Å². The monoisotopic (exact) mass is 406 g/mol. The third-order valence-corrected chi connectivity index (χ3v) is 8.02. The zero-order chi connectivity index (χ0) is 20.8. The summed E-state index contributed by atoms with van der Waals surface area (Å²) in [7, 11) is -3.91. The Morgan fingerprint density at radius 1 is 1.18 bits per heavy atom. The summed E-state index contributed by atoms with van der Waals surface area (Å²) in [5.74, 6) is 0.626. The fraction of sp³-hybridized carbons (Fsp3) is 0.619. The fourth-order valence-corrected chi connectivity index (χ4v) is 6.31. The summed E-state index contributed by atoms with van der Waals surface area (Å²) in [6, 6.07) is 3.95. The van der Waals surface area contributed by atoms with Crippen molar-refractivity contribution in [2.24, 2.45) is 17.8 Å². The molecule has 1 heterocycles. The lowest BCUT2D eigenvalue weighted by Gasteiger charge is -2.37. The minimum Gasteiger partial charge on any atom is -0.349 e. The first kappa shape index (κ1) is 20.8. The molecule has 3 rings (SSSR count). The van der Waals surface area contributed by atoms with Crippen LogP contribution in [0.1, 0.15) is 74.6 Å². The van der Waals surface area contributed by atoms with Crippen molar-refractivity contribution in [3.63, 3.8) is 0 Å². The first-order valence-electron chi connectivity index (χ1n) is 10.1. The van der Waals surface area contributed by atoms with E-state index in [-0.39, 0.29) is 28.0 Å². The maximum Gasteiger partial charge on any atom is 0.269 e. The van der Waals surface area contributed by atoms with Crippen molar-refractivity contribution in [1.29, 1.82) is 0 Å². The number of nitrogens with zero attached hydrogens (tertiary/aromatic N) is 1. The Bertz CT molecular complexity index is 892. The number of carbonyl (C=O) groups excluding carboxylic acids is 2. The van der Waals surface area contributed by atoms with Crippen LogP contribution in [0.25, 0.3) is 0 Å². The molecule has 6 nitrogen and oxygen atoms in total. The Morgan fingerprint density at radius 2 is 1.86 bits per heavy atom. The van der Waals surface area contributed by atoms with Crippen LogP contribution in [0.15, 0.2) is 23.1 Å². The summed E-state index contributed by atoms with van der Waals surface area (Å²) >= 11 is 0. The van der Waals surface area contributed by atoms with E-state index < -0.39 is 22.0 Å². The highest BCUT2D eigenvalue weighted by Gasteiger charge is 2.43. The highest BCUT2D eigenvalue weighted by atomic mass is 32.2. The quantitative estimate of drug-likeness (QED) is 0.830. The third-order valence-electron chi connectivity index (χ3n) is 6.02. The topological polar surface area (TPSA) is 83.6 Å². The molecule has 2 amide bonds. The summed E-state index contributed by atoms with van der Waals surface area (Å²) in [5, 5.41) is 3.13. The normalized spacial score (nSPS) is 26.6. The van der Waals surface area contributed by atoms with E-state index in [2.05, 4.69) is 26.1 Å². The van der Waals surface area contributed by atoms with Crippen LogP contribution in [0, 0.1) is 17.8 Å². The lowest BCUT2D eigenvalue weighted by Crippen LogP contribution is -2.45. The Balaban J connectivity index is 1.87. The second-order valence-electron chi connectivity index (χ2n) is 8.82. The zero-order valence-corrected chi connectivity index (χ0v) is 18.0. The number of benzene rings is 1. The van der Waals surface area contributed by atoms with Crippen LogP contribution in [0.5, 0.6) is 0 Å². The number of hydrogen-bond acceptors (Lipinski definition) is 4. The maximum atomic E-state index is 12.9. The van der Waals surface area contributed by atoms with Crippen LogP contribution >= 0.6 is 0 Å². The molecule has 1 aromatic rings. The predicted molar refractivity (Wildman–Crippen MR) is 108 cm³/mol. The Kier molecular flexibility index (Phi) is 5.58. The van der Waals surface area contributed by atoms with E-state index in [1.165, 1.54) is 18.6 Å². The van der Waals surface area contributed by atoms with Gasteiger partial charge in [0.2, 0.25) is 0 Å². The van der Waals surface area contributed by atoms with Gasteiger partial charge in [-0.1, -0.05) is 27.2 Å². The standard InChI is InChI=1S/C21H30N2O4S/c1-12(2)16-8-6-14(5)10-18(16)22-20(24)15-7-9-17-19(11-15)28(26,27)23(13(3)4)21(17)25/h7,9,11-14,16,18H,6,8,10H2,1-5H3,(H,22,24). The summed E-state index contributed by atoms with van der Waals surface area (Å²) in [4.78, 5) is 25.3. The van der Waals surface area contributed by atoms with Crippen molar-refractivity contribution in [2.75, 3.05) is 0 Å². The average molecular weight is 407 g/mol. The van der Waals surface area contributed by atoms with Gasteiger partial charge in [0.15, 0.2) is 0 Å². The van der Waals surface area contributed by atoms with Crippen LogP contribution in [0.2, 0.25) is 0 Å². The molecule has 1 saturated carbocycles. The Labute approximate surface area is 167 Å². The van der Waals surface area contributed by atoms with Gasteiger partial charge in [0, 0.05) is 17.6 Å². The van der Waals surface area contributed by atoms with E-state index in [9.17, 15) is 18.0 Å². The molecule has 1 aromatic carbocycles. The maximum absolute atomic E-state index is 12.9. The molecular weight excluding hydrogens is 376 g/mol. The molecule has 2 aliphatic rings. The molecule has 0 spiro atoms. The number of sulfonamides is 1. The van der Waals surface area contributed by atoms with Gasteiger partial charge in [-0.05, 0) is 62.6 Å². The van der Waals surface area contributed by atoms with Gasteiger partial charge in [0.25, 0.3) is 21.8 Å². The van der Waals surface area contributed by atoms with Gasteiger partial charge in [-0.25, -0.2) is 12.7 Å². The largest absolute Gasteiger partial charge is 0.349 e. The number of carbonyl (C=O) groups is 2. The van der Waals surface area contributed by atoms with E-state index in [0.717, 1.165) is 17.1 Å². The first-order valence-corrected chi connectivity index (χ1v) is 11.5. The van der Waals surface area contributed by atoms with Gasteiger partial charge in [0.05, 0.1) is 5.56 Å². The van der Waals surface area contributed by atoms with Crippen LogP contribution < -0.4 is 5.32 Å². The van der Waals surface area contributed by atoms with E-state index in [1.807, 2.05) is 0 Å². The number of amides is 2. The summed E-state index contributed by atoms with van der Waals surface area (Å²) in [6.45, 7) is 9.86. The molecule has 1 fully saturated rings. The minimum absolute atomic E-state index is 0.0729. The number of rotatable bonds is 4. The van der Waals surface area contributed by atoms with Crippen molar-refractivity contribution in [3.05, 3.63) is 29.3 Å². The van der Waals surface area contributed by atoms with E-state index in [1.54, 1.807) is 19.9 Å². The molecule has 1 aliphatic carbocycles. The Hall–Kier alpha value is -1.89. The predicted octanol–water partition coefficient (Wildman–Crippen LogP) is 3.43. The summed E-state index contributed by atoms with van der Waals surface area (Å²) in [6.07, 6.45) is 3.18. The smallest absolute Gasteiger partial charge is 0.269 e. The van der Waals surface area contributed by atoms with Gasteiger partial charge in [-0.2, -0.15) is 0 Å². The molecule has 0 bridgehead atoms. The van der Waals surface area contributed by atoms with Gasteiger partial charge < -0.3 is 5.32 Å². The molecule has 3 unspecified atom stereocenters. The first-order chi connectivity index (χ1) is 13.0. The molecule has 1 N–H and O–H groups in total. The molecule has 0 radical (unpaired) electrons. The van der Waals surface area contributed by atoms with Gasteiger partial charge in [0.1, 0.15) is 4.90 Å². The summed E-state index contributed by atoms with van der Waals surface area (Å²) < 4.78 is 26.4. The van der Waals surface area contributed by atoms with Crippen molar-refractivity contribution in [1.82, 2.24) is 9.62 Å². The van der Waals surface area contributed by atoms with Crippen LogP contribution in [-0.2, 0) is 10.0 Å². The van der Waals surface area contributed by atoms with Crippen LogP contribution in [0.3, 0.4) is 0 Å². The molecule has 154 valence electrons. The zero-order valence-electron chi connectivity index (χ0n) is 17.2. The van der Waals surface area contributed by atoms with Gasteiger partial charge in [-0.3, -0.25) is 9.59 Å². The van der Waals surface area contributed by atoms with Gasteiger partial charge >= 0.3 is 0 Å². The lowest BCUT2D eigenvalue weighted by molar-refractivity contribution is 0.0841. The van der Waals surface area contributed by atoms with Crippen molar-refractivity contribution < 1.29 is 18.0 Å². The SMILES string of the molecule is CC1CCC(C(C)C)C(NC(=O)c2ccc3c(c2)S(=O)(=O)N(C(C)C)C3=O)C1. The number of hydrogen-bond donors (Lipinski definition) is 1. The molecule has 1 aliphatic heterocycles. The average Bonchev–Trinajstić information content (AvgIpc) is 2.80. The number of nitrogens with one attached hydrogen (secondary N) is 1. The van der Waals surface area contributed by atoms with Crippen molar-refractivity contribution >= 4 is 21.8 Å². The highest BCUT2D eigenvalue weighted by molar-refractivity contribution is 7.90. The third kappa shape index (κ3) is 3.56.